The third kappa shape index (κ3) is 0.949. The summed E-state index contributed by atoms with van der Waals surface area (Å²) in [5.41, 5.74) is -0.738. The monoisotopic (exact) mass is 172 g/mol. The van der Waals surface area contributed by atoms with Gasteiger partial charge in [0.05, 0.1) is 12.7 Å². The van der Waals surface area contributed by atoms with E-state index in [4.69, 9.17) is 14.6 Å². The van der Waals surface area contributed by atoms with Crippen molar-refractivity contribution in [1.82, 2.24) is 0 Å². The minimum Gasteiger partial charge on any atom is -0.481 e. The van der Waals surface area contributed by atoms with Crippen LogP contribution in [0.3, 0.4) is 0 Å². The lowest BCUT2D eigenvalue weighted by Crippen LogP contribution is -2.46. The van der Waals surface area contributed by atoms with Crippen molar-refractivity contribution in [1.29, 1.82) is 0 Å². The highest BCUT2D eigenvalue weighted by molar-refractivity contribution is 5.76. The Labute approximate surface area is 70.5 Å². The zero-order valence-electron chi connectivity index (χ0n) is 6.78. The molecule has 12 heavy (non-hydrogen) atoms. The second-order valence-electron chi connectivity index (χ2n) is 3.41. The first-order valence-electron chi connectivity index (χ1n) is 4.18. The third-order valence-corrected chi connectivity index (χ3v) is 2.79. The summed E-state index contributed by atoms with van der Waals surface area (Å²) in [5, 5.41) is 9.04. The predicted octanol–water partition coefficient (Wildman–Crippen LogP) is 0.267. The summed E-state index contributed by atoms with van der Waals surface area (Å²) in [4.78, 5) is 11.0. The molecule has 0 aliphatic carbocycles. The summed E-state index contributed by atoms with van der Waals surface area (Å²) >= 11 is 0. The van der Waals surface area contributed by atoms with E-state index in [2.05, 4.69) is 0 Å². The SMILES string of the molecule is O=C(O)[C@]12CCO[C@@H]1CCOC2. The van der Waals surface area contributed by atoms with E-state index in [1.165, 1.54) is 0 Å². The number of rotatable bonds is 1. The van der Waals surface area contributed by atoms with Gasteiger partial charge in [-0.1, -0.05) is 0 Å². The Bertz CT molecular complexity index is 203. The Hall–Kier alpha value is -0.610. The maximum atomic E-state index is 11.0. The molecule has 0 amide bonds. The summed E-state index contributed by atoms with van der Waals surface area (Å²) in [6.07, 6.45) is 1.18. The highest BCUT2D eigenvalue weighted by Crippen LogP contribution is 2.39. The van der Waals surface area contributed by atoms with Crippen LogP contribution in [0.4, 0.5) is 0 Å². The molecule has 2 aliphatic heterocycles. The standard InChI is InChI=1S/C8H12O4/c9-7(10)8-2-4-12-6(8)1-3-11-5-8/h6H,1-5H2,(H,9,10)/t6-,8+/m1/s1. The van der Waals surface area contributed by atoms with Crippen LogP contribution in [-0.2, 0) is 14.3 Å². The summed E-state index contributed by atoms with van der Waals surface area (Å²) in [6, 6.07) is 0. The van der Waals surface area contributed by atoms with Gasteiger partial charge in [-0.25, -0.2) is 0 Å². The quantitative estimate of drug-likeness (QED) is 0.616. The van der Waals surface area contributed by atoms with E-state index in [1.807, 2.05) is 0 Å². The molecule has 4 heteroatoms. The third-order valence-electron chi connectivity index (χ3n) is 2.79. The number of ether oxygens (including phenoxy) is 2. The lowest BCUT2D eigenvalue weighted by atomic mass is 9.79. The van der Waals surface area contributed by atoms with E-state index >= 15 is 0 Å². The van der Waals surface area contributed by atoms with Gasteiger partial charge in [0.15, 0.2) is 0 Å². The number of hydrogen-bond donors (Lipinski definition) is 1. The Morgan fingerprint density at radius 3 is 3.00 bits per heavy atom. The van der Waals surface area contributed by atoms with Crippen LogP contribution in [0.2, 0.25) is 0 Å². The average molecular weight is 172 g/mol. The Morgan fingerprint density at radius 2 is 2.33 bits per heavy atom. The van der Waals surface area contributed by atoms with Crippen molar-refractivity contribution in [3.8, 4) is 0 Å². The Morgan fingerprint density at radius 1 is 1.50 bits per heavy atom. The van der Waals surface area contributed by atoms with Gasteiger partial charge in [-0.15, -0.1) is 0 Å². The fraction of sp³-hybridized carbons (Fsp3) is 0.875. The first-order chi connectivity index (χ1) is 5.76. The van der Waals surface area contributed by atoms with Crippen LogP contribution < -0.4 is 0 Å². The molecule has 0 spiro atoms. The minimum absolute atomic E-state index is 0.122. The van der Waals surface area contributed by atoms with Crippen molar-refractivity contribution in [2.24, 2.45) is 5.41 Å². The van der Waals surface area contributed by atoms with E-state index in [0.717, 1.165) is 0 Å². The minimum atomic E-state index is -0.773. The predicted molar refractivity (Wildman–Crippen MR) is 39.9 cm³/mol. The van der Waals surface area contributed by atoms with Crippen molar-refractivity contribution >= 4 is 5.97 Å². The molecule has 2 heterocycles. The average Bonchev–Trinajstić information content (AvgIpc) is 2.48. The smallest absolute Gasteiger partial charge is 0.314 e. The van der Waals surface area contributed by atoms with Crippen LogP contribution in [0.5, 0.6) is 0 Å². The maximum absolute atomic E-state index is 11.0. The van der Waals surface area contributed by atoms with Gasteiger partial charge < -0.3 is 14.6 Å². The molecule has 2 fully saturated rings. The molecule has 1 N–H and O–H groups in total. The second-order valence-corrected chi connectivity index (χ2v) is 3.41. The highest BCUT2D eigenvalue weighted by atomic mass is 16.5. The molecular weight excluding hydrogens is 160 g/mol. The van der Waals surface area contributed by atoms with E-state index in [0.29, 0.717) is 32.7 Å². The first kappa shape index (κ1) is 8.01. The molecule has 0 unspecified atom stereocenters. The molecule has 0 aromatic carbocycles. The normalized spacial score (nSPS) is 40.8. The van der Waals surface area contributed by atoms with E-state index in [1.54, 1.807) is 0 Å². The summed E-state index contributed by atoms with van der Waals surface area (Å²) in [7, 11) is 0. The highest BCUT2D eigenvalue weighted by Gasteiger charge is 2.52. The van der Waals surface area contributed by atoms with Gasteiger partial charge >= 0.3 is 5.97 Å². The van der Waals surface area contributed by atoms with Gasteiger partial charge in [-0.2, -0.15) is 0 Å². The fourth-order valence-electron chi connectivity index (χ4n) is 1.98. The van der Waals surface area contributed by atoms with Crippen LogP contribution in [-0.4, -0.2) is 37.0 Å². The van der Waals surface area contributed by atoms with Gasteiger partial charge in [-0.05, 0) is 12.8 Å². The van der Waals surface area contributed by atoms with Crippen LogP contribution in [0.1, 0.15) is 12.8 Å². The van der Waals surface area contributed by atoms with Crippen molar-refractivity contribution in [3.05, 3.63) is 0 Å². The molecule has 0 radical (unpaired) electrons. The summed E-state index contributed by atoms with van der Waals surface area (Å²) in [6.45, 7) is 1.49. The lowest BCUT2D eigenvalue weighted by molar-refractivity contribution is -0.164. The fourth-order valence-corrected chi connectivity index (χ4v) is 1.98. The topological polar surface area (TPSA) is 55.8 Å². The van der Waals surface area contributed by atoms with Crippen molar-refractivity contribution in [2.75, 3.05) is 19.8 Å². The molecule has 2 aliphatic rings. The zero-order valence-corrected chi connectivity index (χ0v) is 6.78. The molecular formula is C8H12O4. The summed E-state index contributed by atoms with van der Waals surface area (Å²) < 4.78 is 10.5. The first-order valence-corrected chi connectivity index (χ1v) is 4.18. The van der Waals surface area contributed by atoms with Gasteiger partial charge in [0.2, 0.25) is 0 Å². The van der Waals surface area contributed by atoms with Gasteiger partial charge in [-0.3, -0.25) is 4.79 Å². The molecule has 4 nitrogen and oxygen atoms in total. The number of fused-ring (bicyclic) bond motifs is 1. The molecule has 0 bridgehead atoms. The molecule has 0 aromatic heterocycles. The van der Waals surface area contributed by atoms with Gasteiger partial charge in [0.25, 0.3) is 0 Å². The summed E-state index contributed by atoms with van der Waals surface area (Å²) in [5.74, 6) is -0.773. The zero-order chi connectivity index (χ0) is 8.60. The maximum Gasteiger partial charge on any atom is 0.314 e. The van der Waals surface area contributed by atoms with Crippen LogP contribution in [0.25, 0.3) is 0 Å². The largest absolute Gasteiger partial charge is 0.481 e. The van der Waals surface area contributed by atoms with Crippen molar-refractivity contribution < 1.29 is 19.4 Å². The van der Waals surface area contributed by atoms with E-state index < -0.39 is 11.4 Å². The number of hydrogen-bond acceptors (Lipinski definition) is 3. The number of carbonyl (C=O) groups is 1. The lowest BCUT2D eigenvalue weighted by Gasteiger charge is -2.33. The number of carboxylic acids is 1. The van der Waals surface area contributed by atoms with Crippen LogP contribution in [0.15, 0.2) is 0 Å². The molecule has 0 saturated carbocycles. The molecule has 0 aromatic rings. The molecule has 2 atom stereocenters. The van der Waals surface area contributed by atoms with Gasteiger partial charge in [0, 0.05) is 13.2 Å². The van der Waals surface area contributed by atoms with Gasteiger partial charge in [0.1, 0.15) is 5.41 Å². The van der Waals surface area contributed by atoms with Crippen LogP contribution in [0, 0.1) is 5.41 Å². The van der Waals surface area contributed by atoms with Crippen molar-refractivity contribution in [2.45, 2.75) is 18.9 Å². The second kappa shape index (κ2) is 2.71. The van der Waals surface area contributed by atoms with E-state index in [9.17, 15) is 4.79 Å². The number of carboxylic acid groups (broad SMARTS) is 1. The molecule has 2 saturated heterocycles. The number of aliphatic carboxylic acids is 1. The van der Waals surface area contributed by atoms with E-state index in [-0.39, 0.29) is 6.10 Å². The Kier molecular flexibility index (Phi) is 1.81. The molecule has 68 valence electrons. The molecule has 2 rings (SSSR count). The Balaban J connectivity index is 2.23. The van der Waals surface area contributed by atoms with Crippen molar-refractivity contribution in [3.63, 3.8) is 0 Å². The van der Waals surface area contributed by atoms with Crippen LogP contribution >= 0.6 is 0 Å².